The molecule has 9 heavy (non-hydrogen) atoms. The summed E-state index contributed by atoms with van der Waals surface area (Å²) < 4.78 is 0. The molecule has 52 valence electrons. The predicted molar refractivity (Wildman–Crippen MR) is 31.9 cm³/mol. The minimum atomic E-state index is -0.245. The van der Waals surface area contributed by atoms with Crippen molar-refractivity contribution in [1.29, 1.82) is 0 Å². The fourth-order valence-corrected chi connectivity index (χ4v) is 0.777. The zero-order chi connectivity index (χ0) is 6.85. The van der Waals surface area contributed by atoms with E-state index in [1.54, 1.807) is 19.1 Å². The van der Waals surface area contributed by atoms with Gasteiger partial charge in [0.05, 0.1) is 0 Å². The van der Waals surface area contributed by atoms with Gasteiger partial charge in [0, 0.05) is 7.05 Å². The third-order valence-corrected chi connectivity index (χ3v) is 1.26. The summed E-state index contributed by atoms with van der Waals surface area (Å²) in [5.41, 5.74) is 5.09. The van der Waals surface area contributed by atoms with Crippen molar-refractivity contribution in [1.82, 2.24) is 21.3 Å². The summed E-state index contributed by atoms with van der Waals surface area (Å²) in [6, 6.07) is 0. The molecule has 1 aliphatic heterocycles. The van der Waals surface area contributed by atoms with Gasteiger partial charge in [-0.25, -0.2) is 5.01 Å². The summed E-state index contributed by atoms with van der Waals surface area (Å²) >= 11 is 0. The van der Waals surface area contributed by atoms with Crippen LogP contribution in [0.2, 0.25) is 0 Å². The molecule has 0 bridgehead atoms. The number of rotatable bonds is 1. The van der Waals surface area contributed by atoms with Crippen molar-refractivity contribution in [3.8, 4) is 0 Å². The molecule has 1 saturated heterocycles. The molecule has 1 unspecified atom stereocenters. The highest BCUT2D eigenvalue weighted by Crippen LogP contribution is 1.91. The fourth-order valence-electron chi connectivity index (χ4n) is 0.777. The van der Waals surface area contributed by atoms with E-state index in [0.717, 1.165) is 0 Å². The standard InChI is InChI=1S/C4H10N4O/c1-5-3-4(9)6-7-8(3)2/h3,5,7H,1-2H3,(H,6,9). The van der Waals surface area contributed by atoms with E-state index in [1.165, 1.54) is 0 Å². The molecule has 1 atom stereocenters. The number of carbonyl (C=O) groups is 1. The maximum Gasteiger partial charge on any atom is 0.268 e. The van der Waals surface area contributed by atoms with Crippen molar-refractivity contribution in [2.45, 2.75) is 6.17 Å². The molecule has 1 rings (SSSR count). The van der Waals surface area contributed by atoms with Gasteiger partial charge >= 0.3 is 0 Å². The smallest absolute Gasteiger partial charge is 0.268 e. The Morgan fingerprint density at radius 1 is 1.78 bits per heavy atom. The van der Waals surface area contributed by atoms with Crippen LogP contribution in [-0.2, 0) is 4.79 Å². The zero-order valence-corrected chi connectivity index (χ0v) is 5.43. The van der Waals surface area contributed by atoms with Crippen LogP contribution >= 0.6 is 0 Å². The van der Waals surface area contributed by atoms with E-state index in [-0.39, 0.29) is 12.1 Å². The Hall–Kier alpha value is -0.650. The number of nitrogens with one attached hydrogen (secondary N) is 3. The first-order chi connectivity index (χ1) is 4.25. The summed E-state index contributed by atoms with van der Waals surface area (Å²) in [7, 11) is 3.51. The molecular formula is C4H10N4O. The molecule has 5 nitrogen and oxygen atoms in total. The van der Waals surface area contributed by atoms with Crippen LogP contribution < -0.4 is 16.3 Å². The third kappa shape index (κ3) is 1.02. The van der Waals surface area contributed by atoms with Crippen LogP contribution in [0.3, 0.4) is 0 Å². The lowest BCUT2D eigenvalue weighted by Crippen LogP contribution is -2.43. The lowest BCUT2D eigenvalue weighted by atomic mass is 10.5. The molecule has 1 aliphatic rings. The lowest BCUT2D eigenvalue weighted by molar-refractivity contribution is -0.122. The quantitative estimate of drug-likeness (QED) is 0.385. The Balaban J connectivity index is 2.55. The highest BCUT2D eigenvalue weighted by molar-refractivity contribution is 5.82. The van der Waals surface area contributed by atoms with Crippen molar-refractivity contribution in [2.24, 2.45) is 0 Å². The number of hydrogen-bond donors (Lipinski definition) is 3. The molecule has 0 saturated carbocycles. The van der Waals surface area contributed by atoms with E-state index in [2.05, 4.69) is 16.3 Å². The summed E-state index contributed by atoms with van der Waals surface area (Å²) in [6.07, 6.45) is -0.245. The largest absolute Gasteiger partial charge is 0.296 e. The van der Waals surface area contributed by atoms with Crippen molar-refractivity contribution < 1.29 is 4.79 Å². The first kappa shape index (κ1) is 6.47. The van der Waals surface area contributed by atoms with Gasteiger partial charge in [-0.1, -0.05) is 0 Å². The molecule has 1 fully saturated rings. The predicted octanol–water partition coefficient (Wildman–Crippen LogP) is -1.99. The summed E-state index contributed by atoms with van der Waals surface area (Å²) in [6.45, 7) is 0. The van der Waals surface area contributed by atoms with Gasteiger partial charge in [0.2, 0.25) is 0 Å². The average molecular weight is 130 g/mol. The third-order valence-electron chi connectivity index (χ3n) is 1.26. The van der Waals surface area contributed by atoms with Gasteiger partial charge in [-0.2, -0.15) is 5.53 Å². The second-order valence-corrected chi connectivity index (χ2v) is 1.90. The van der Waals surface area contributed by atoms with Crippen LogP contribution in [0, 0.1) is 0 Å². The molecule has 5 heteroatoms. The molecule has 0 aromatic heterocycles. The van der Waals surface area contributed by atoms with Gasteiger partial charge in [0.1, 0.15) is 0 Å². The van der Waals surface area contributed by atoms with E-state index >= 15 is 0 Å². The first-order valence-electron chi connectivity index (χ1n) is 2.71. The van der Waals surface area contributed by atoms with Crippen LogP contribution in [0.1, 0.15) is 0 Å². The molecule has 0 aromatic rings. The Morgan fingerprint density at radius 2 is 2.44 bits per heavy atom. The maximum absolute atomic E-state index is 10.7. The number of likely N-dealkylation sites (N-methyl/N-ethyl adjacent to an activating group) is 2. The number of hydrazine groups is 2. The van der Waals surface area contributed by atoms with Crippen LogP contribution in [0.4, 0.5) is 0 Å². The highest BCUT2D eigenvalue weighted by Gasteiger charge is 2.26. The van der Waals surface area contributed by atoms with Crippen molar-refractivity contribution in [2.75, 3.05) is 14.1 Å². The Bertz CT molecular complexity index is 126. The van der Waals surface area contributed by atoms with Gasteiger partial charge in [-0.15, -0.1) is 0 Å². The Kier molecular flexibility index (Phi) is 1.65. The molecule has 0 spiro atoms. The van der Waals surface area contributed by atoms with Gasteiger partial charge in [0.25, 0.3) is 5.91 Å². The zero-order valence-electron chi connectivity index (χ0n) is 5.43. The number of amides is 1. The van der Waals surface area contributed by atoms with Crippen molar-refractivity contribution >= 4 is 5.91 Å². The van der Waals surface area contributed by atoms with Gasteiger partial charge in [-0.05, 0) is 7.05 Å². The molecule has 1 amide bonds. The van der Waals surface area contributed by atoms with E-state index < -0.39 is 0 Å². The van der Waals surface area contributed by atoms with Crippen molar-refractivity contribution in [3.05, 3.63) is 0 Å². The molecule has 0 aliphatic carbocycles. The second kappa shape index (κ2) is 2.30. The van der Waals surface area contributed by atoms with Gasteiger partial charge in [-0.3, -0.25) is 15.5 Å². The highest BCUT2D eigenvalue weighted by atomic mass is 16.2. The normalized spacial score (nSPS) is 28.7. The Labute approximate surface area is 53.3 Å². The lowest BCUT2D eigenvalue weighted by Gasteiger charge is -2.12. The van der Waals surface area contributed by atoms with Crippen LogP contribution in [0.15, 0.2) is 0 Å². The number of nitrogens with zero attached hydrogens (tertiary/aromatic N) is 1. The van der Waals surface area contributed by atoms with Gasteiger partial charge < -0.3 is 0 Å². The van der Waals surface area contributed by atoms with Crippen LogP contribution in [0.5, 0.6) is 0 Å². The minimum Gasteiger partial charge on any atom is -0.296 e. The fraction of sp³-hybridized carbons (Fsp3) is 0.750. The van der Waals surface area contributed by atoms with E-state index in [0.29, 0.717) is 0 Å². The monoisotopic (exact) mass is 130 g/mol. The van der Waals surface area contributed by atoms with Crippen molar-refractivity contribution in [3.63, 3.8) is 0 Å². The maximum atomic E-state index is 10.7. The SMILES string of the molecule is CNC1C(=O)NNN1C. The molecular weight excluding hydrogens is 120 g/mol. The number of carbonyl (C=O) groups excluding carboxylic acids is 1. The second-order valence-electron chi connectivity index (χ2n) is 1.90. The average Bonchev–Trinajstić information content (AvgIpc) is 2.12. The molecule has 0 radical (unpaired) electrons. The minimum absolute atomic E-state index is 0.0556. The van der Waals surface area contributed by atoms with Crippen LogP contribution in [-0.4, -0.2) is 31.2 Å². The van der Waals surface area contributed by atoms with E-state index in [9.17, 15) is 4.79 Å². The number of hydrogen-bond acceptors (Lipinski definition) is 4. The summed E-state index contributed by atoms with van der Waals surface area (Å²) in [4.78, 5) is 10.7. The van der Waals surface area contributed by atoms with Crippen LogP contribution in [0.25, 0.3) is 0 Å². The van der Waals surface area contributed by atoms with Gasteiger partial charge in [0.15, 0.2) is 6.17 Å². The molecule has 3 N–H and O–H groups in total. The topological polar surface area (TPSA) is 56.4 Å². The molecule has 0 aromatic carbocycles. The molecule has 1 heterocycles. The first-order valence-corrected chi connectivity index (χ1v) is 2.71. The van der Waals surface area contributed by atoms with E-state index in [1.807, 2.05) is 0 Å². The Morgan fingerprint density at radius 3 is 2.67 bits per heavy atom. The summed E-state index contributed by atoms with van der Waals surface area (Å²) in [5.74, 6) is -0.0556. The van der Waals surface area contributed by atoms with E-state index in [4.69, 9.17) is 0 Å². The summed E-state index contributed by atoms with van der Waals surface area (Å²) in [5, 5.41) is 4.47.